The lowest BCUT2D eigenvalue weighted by atomic mass is 10.1. The van der Waals surface area contributed by atoms with Gasteiger partial charge in [-0.15, -0.1) is 0 Å². The number of halogens is 1. The van der Waals surface area contributed by atoms with E-state index in [0.717, 1.165) is 5.56 Å². The number of ether oxygens (including phenoxy) is 1. The Kier molecular flexibility index (Phi) is 5.26. The van der Waals surface area contributed by atoms with Gasteiger partial charge in [-0.05, 0) is 37.1 Å². The highest BCUT2D eigenvalue weighted by Gasteiger charge is 2.06. The van der Waals surface area contributed by atoms with Gasteiger partial charge in [-0.1, -0.05) is 12.1 Å². The van der Waals surface area contributed by atoms with Crippen molar-refractivity contribution in [3.05, 3.63) is 59.5 Å². The Morgan fingerprint density at radius 3 is 2.62 bits per heavy atom. The molecule has 1 aromatic heterocycles. The Hall–Kier alpha value is -2.43. The smallest absolute Gasteiger partial charge is 0.252 e. The fraction of sp³-hybridized carbons (Fsp3) is 0.250. The number of rotatable bonds is 6. The van der Waals surface area contributed by atoms with Crippen molar-refractivity contribution in [2.75, 3.05) is 13.2 Å². The minimum absolute atomic E-state index is 0.187. The van der Waals surface area contributed by atoms with Gasteiger partial charge in [0.05, 0.1) is 12.2 Å². The third kappa shape index (κ3) is 4.56. The molecule has 0 aliphatic rings. The molecule has 0 aliphatic carbocycles. The summed E-state index contributed by atoms with van der Waals surface area (Å²) in [7, 11) is 0. The average Bonchev–Trinajstić information content (AvgIpc) is 2.50. The largest absolute Gasteiger partial charge is 0.478 e. The van der Waals surface area contributed by atoms with Crippen LogP contribution in [0.25, 0.3) is 0 Å². The number of nitrogens with zero attached hydrogens (tertiary/aromatic N) is 1. The molecule has 4 nitrogen and oxygen atoms in total. The van der Waals surface area contributed by atoms with Crippen molar-refractivity contribution >= 4 is 5.91 Å². The van der Waals surface area contributed by atoms with Gasteiger partial charge in [-0.25, -0.2) is 9.37 Å². The van der Waals surface area contributed by atoms with Crippen molar-refractivity contribution in [2.45, 2.75) is 13.3 Å². The van der Waals surface area contributed by atoms with Crippen LogP contribution in [0, 0.1) is 5.82 Å². The van der Waals surface area contributed by atoms with Crippen LogP contribution in [-0.2, 0) is 6.42 Å². The van der Waals surface area contributed by atoms with E-state index in [4.69, 9.17) is 4.74 Å². The second kappa shape index (κ2) is 7.38. The molecule has 2 aromatic rings. The van der Waals surface area contributed by atoms with Crippen molar-refractivity contribution in [1.82, 2.24) is 10.3 Å². The number of nitrogens with one attached hydrogen (secondary N) is 1. The van der Waals surface area contributed by atoms with Crippen LogP contribution in [0.3, 0.4) is 0 Å². The van der Waals surface area contributed by atoms with Crippen LogP contribution >= 0.6 is 0 Å². The van der Waals surface area contributed by atoms with Crippen molar-refractivity contribution in [1.29, 1.82) is 0 Å². The number of benzene rings is 1. The minimum atomic E-state index is -0.261. The number of carbonyl (C=O) groups is 1. The first-order valence-corrected chi connectivity index (χ1v) is 6.80. The van der Waals surface area contributed by atoms with Crippen LogP contribution < -0.4 is 10.1 Å². The lowest BCUT2D eigenvalue weighted by Gasteiger charge is -2.06. The molecule has 0 aliphatic heterocycles. The van der Waals surface area contributed by atoms with Gasteiger partial charge in [0.2, 0.25) is 5.88 Å². The molecule has 0 unspecified atom stereocenters. The van der Waals surface area contributed by atoms with Gasteiger partial charge in [-0.3, -0.25) is 4.79 Å². The van der Waals surface area contributed by atoms with E-state index in [9.17, 15) is 9.18 Å². The number of carbonyl (C=O) groups excluding carboxylic acids is 1. The normalized spacial score (nSPS) is 10.2. The van der Waals surface area contributed by atoms with E-state index in [2.05, 4.69) is 10.3 Å². The maximum Gasteiger partial charge on any atom is 0.252 e. The lowest BCUT2D eigenvalue weighted by Crippen LogP contribution is -2.25. The Morgan fingerprint density at radius 2 is 2.00 bits per heavy atom. The summed E-state index contributed by atoms with van der Waals surface area (Å²) in [6, 6.07) is 9.57. The molecule has 0 fully saturated rings. The van der Waals surface area contributed by atoms with Crippen LogP contribution in [0.15, 0.2) is 42.6 Å². The predicted molar refractivity (Wildman–Crippen MR) is 77.8 cm³/mol. The minimum Gasteiger partial charge on any atom is -0.478 e. The number of hydrogen-bond acceptors (Lipinski definition) is 3. The zero-order valence-corrected chi connectivity index (χ0v) is 11.8. The van der Waals surface area contributed by atoms with Crippen LogP contribution in [0.5, 0.6) is 5.88 Å². The highest BCUT2D eigenvalue weighted by Crippen LogP contribution is 2.07. The summed E-state index contributed by atoms with van der Waals surface area (Å²) < 4.78 is 18.0. The quantitative estimate of drug-likeness (QED) is 0.889. The molecule has 21 heavy (non-hydrogen) atoms. The average molecular weight is 288 g/mol. The third-order valence-corrected chi connectivity index (χ3v) is 2.90. The number of aromatic nitrogens is 1. The van der Waals surface area contributed by atoms with Gasteiger partial charge in [0.15, 0.2) is 0 Å². The van der Waals surface area contributed by atoms with Gasteiger partial charge in [-0.2, -0.15) is 0 Å². The monoisotopic (exact) mass is 288 g/mol. The molecular weight excluding hydrogens is 271 g/mol. The lowest BCUT2D eigenvalue weighted by molar-refractivity contribution is 0.0953. The molecule has 0 spiro atoms. The second-order valence-corrected chi connectivity index (χ2v) is 4.45. The summed E-state index contributed by atoms with van der Waals surface area (Å²) >= 11 is 0. The number of amides is 1. The van der Waals surface area contributed by atoms with Gasteiger partial charge < -0.3 is 10.1 Å². The topological polar surface area (TPSA) is 51.2 Å². The molecule has 5 heteroatoms. The molecule has 1 amide bonds. The first kappa shape index (κ1) is 15.0. The highest BCUT2D eigenvalue weighted by molar-refractivity contribution is 5.93. The summed E-state index contributed by atoms with van der Waals surface area (Å²) in [6.45, 7) is 2.89. The maximum atomic E-state index is 12.8. The Bertz CT molecular complexity index is 582. The first-order valence-electron chi connectivity index (χ1n) is 6.80. The third-order valence-electron chi connectivity index (χ3n) is 2.90. The fourth-order valence-electron chi connectivity index (χ4n) is 1.82. The molecule has 0 saturated carbocycles. The van der Waals surface area contributed by atoms with E-state index in [1.165, 1.54) is 18.3 Å². The van der Waals surface area contributed by atoms with Crippen LogP contribution in [-0.4, -0.2) is 24.0 Å². The van der Waals surface area contributed by atoms with Gasteiger partial charge >= 0.3 is 0 Å². The summed E-state index contributed by atoms with van der Waals surface area (Å²) in [5.41, 5.74) is 1.46. The summed E-state index contributed by atoms with van der Waals surface area (Å²) in [4.78, 5) is 15.9. The Morgan fingerprint density at radius 1 is 1.24 bits per heavy atom. The van der Waals surface area contributed by atoms with Gasteiger partial charge in [0, 0.05) is 18.8 Å². The molecule has 0 radical (unpaired) electrons. The molecule has 0 bridgehead atoms. The van der Waals surface area contributed by atoms with E-state index in [-0.39, 0.29) is 11.7 Å². The van der Waals surface area contributed by atoms with Crippen LogP contribution in [0.2, 0.25) is 0 Å². The molecule has 0 saturated heterocycles. The van der Waals surface area contributed by atoms with E-state index in [1.807, 2.05) is 6.92 Å². The van der Waals surface area contributed by atoms with Crippen molar-refractivity contribution in [2.24, 2.45) is 0 Å². The molecule has 110 valence electrons. The van der Waals surface area contributed by atoms with Crippen molar-refractivity contribution in [3.8, 4) is 5.88 Å². The van der Waals surface area contributed by atoms with Crippen molar-refractivity contribution < 1.29 is 13.9 Å². The standard InChI is InChI=1S/C16H17FN2O2/c1-2-21-15-8-5-13(11-19-15)16(20)18-10-9-12-3-6-14(17)7-4-12/h3-8,11H,2,9-10H2,1H3,(H,18,20). The highest BCUT2D eigenvalue weighted by atomic mass is 19.1. The Balaban J connectivity index is 1.82. The molecule has 2 rings (SSSR count). The predicted octanol–water partition coefficient (Wildman–Crippen LogP) is 2.59. The fourth-order valence-corrected chi connectivity index (χ4v) is 1.82. The summed E-state index contributed by atoms with van der Waals surface area (Å²) in [6.07, 6.45) is 2.13. The van der Waals surface area contributed by atoms with E-state index in [1.54, 1.807) is 24.3 Å². The van der Waals surface area contributed by atoms with Crippen LogP contribution in [0.1, 0.15) is 22.8 Å². The number of pyridine rings is 1. The molecular formula is C16H17FN2O2. The van der Waals surface area contributed by atoms with E-state index < -0.39 is 0 Å². The number of hydrogen-bond donors (Lipinski definition) is 1. The zero-order valence-electron chi connectivity index (χ0n) is 11.8. The molecule has 1 aromatic carbocycles. The molecule has 0 atom stereocenters. The van der Waals surface area contributed by atoms with E-state index in [0.29, 0.717) is 31.0 Å². The zero-order chi connectivity index (χ0) is 15.1. The first-order chi connectivity index (χ1) is 10.2. The SMILES string of the molecule is CCOc1ccc(C(=O)NCCc2ccc(F)cc2)cn1. The van der Waals surface area contributed by atoms with Crippen LogP contribution in [0.4, 0.5) is 4.39 Å². The van der Waals surface area contributed by atoms with Gasteiger partial charge in [0.1, 0.15) is 5.82 Å². The molecule has 1 heterocycles. The van der Waals surface area contributed by atoms with Gasteiger partial charge in [0.25, 0.3) is 5.91 Å². The van der Waals surface area contributed by atoms with Crippen molar-refractivity contribution in [3.63, 3.8) is 0 Å². The maximum absolute atomic E-state index is 12.8. The molecule has 1 N–H and O–H groups in total. The van der Waals surface area contributed by atoms with E-state index >= 15 is 0 Å². The Labute approximate surface area is 123 Å². The second-order valence-electron chi connectivity index (χ2n) is 4.45. The summed E-state index contributed by atoms with van der Waals surface area (Å²) in [5, 5.41) is 2.80. The summed E-state index contributed by atoms with van der Waals surface area (Å²) in [5.74, 6) is 0.0521.